The summed E-state index contributed by atoms with van der Waals surface area (Å²) in [6.07, 6.45) is 0.265. The van der Waals surface area contributed by atoms with Crippen molar-refractivity contribution >= 4 is 0 Å². The fraction of sp³-hybridized carbons (Fsp3) is 0.588. The minimum atomic E-state index is -0.531. The number of hydrogen-bond acceptors (Lipinski definition) is 5. The number of aliphatic hydroxyl groups is 1. The number of benzene rings is 1. The van der Waals surface area contributed by atoms with Crippen LogP contribution in [0.15, 0.2) is 24.3 Å². The van der Waals surface area contributed by atoms with Crippen LogP contribution in [-0.2, 0) is 11.2 Å². The highest BCUT2D eigenvalue weighted by molar-refractivity contribution is 5.28. The van der Waals surface area contributed by atoms with Crippen LogP contribution in [0.2, 0.25) is 0 Å². The van der Waals surface area contributed by atoms with Crippen LogP contribution in [0, 0.1) is 11.3 Å². The molecule has 3 atom stereocenters. The number of hydrogen-bond donors (Lipinski definition) is 1. The fourth-order valence-corrected chi connectivity index (χ4v) is 2.77. The number of rotatable bonds is 6. The molecule has 0 bridgehead atoms. The van der Waals surface area contributed by atoms with Crippen molar-refractivity contribution in [3.8, 4) is 11.8 Å². The Morgan fingerprint density at radius 2 is 1.95 bits per heavy atom. The lowest BCUT2D eigenvalue weighted by molar-refractivity contribution is -0.0786. The largest absolute Gasteiger partial charge is 0.491 e. The second-order valence-electron chi connectivity index (χ2n) is 5.92. The van der Waals surface area contributed by atoms with E-state index in [1.807, 2.05) is 38.1 Å². The van der Waals surface area contributed by atoms with Gasteiger partial charge in [0.05, 0.1) is 24.7 Å². The first kappa shape index (κ1) is 16.8. The van der Waals surface area contributed by atoms with Crippen LogP contribution in [0.4, 0.5) is 0 Å². The van der Waals surface area contributed by atoms with Gasteiger partial charge in [0.2, 0.25) is 0 Å². The van der Waals surface area contributed by atoms with E-state index >= 15 is 0 Å². The molecule has 0 aromatic heterocycles. The maximum Gasteiger partial charge on any atom is 0.119 e. The first-order chi connectivity index (χ1) is 10.6. The van der Waals surface area contributed by atoms with Gasteiger partial charge in [0.1, 0.15) is 18.5 Å². The lowest BCUT2D eigenvalue weighted by Gasteiger charge is -2.36. The summed E-state index contributed by atoms with van der Waals surface area (Å²) in [6, 6.07) is 9.52. The third-order valence-electron chi connectivity index (χ3n) is 3.61. The van der Waals surface area contributed by atoms with E-state index in [0.29, 0.717) is 18.7 Å². The van der Waals surface area contributed by atoms with Crippen LogP contribution in [0.25, 0.3) is 0 Å². The zero-order valence-corrected chi connectivity index (χ0v) is 13.2. The van der Waals surface area contributed by atoms with Gasteiger partial charge >= 0.3 is 0 Å². The minimum absolute atomic E-state index is 0.199. The van der Waals surface area contributed by atoms with Crippen molar-refractivity contribution in [1.82, 2.24) is 4.90 Å². The molecule has 1 heterocycles. The van der Waals surface area contributed by atoms with Crippen molar-refractivity contribution in [1.29, 1.82) is 5.26 Å². The molecule has 1 N–H and O–H groups in total. The Balaban J connectivity index is 1.75. The first-order valence-corrected chi connectivity index (χ1v) is 7.71. The van der Waals surface area contributed by atoms with Crippen LogP contribution in [0.5, 0.6) is 5.75 Å². The van der Waals surface area contributed by atoms with Crippen molar-refractivity contribution in [2.24, 2.45) is 0 Å². The highest BCUT2D eigenvalue weighted by Crippen LogP contribution is 2.14. The van der Waals surface area contributed by atoms with Crippen LogP contribution in [0.1, 0.15) is 19.4 Å². The van der Waals surface area contributed by atoms with E-state index in [2.05, 4.69) is 11.0 Å². The van der Waals surface area contributed by atoms with Gasteiger partial charge in [-0.25, -0.2) is 0 Å². The average Bonchev–Trinajstić information content (AvgIpc) is 2.46. The molecule has 5 heteroatoms. The van der Waals surface area contributed by atoms with Crippen LogP contribution in [-0.4, -0.2) is 54.6 Å². The Hall–Kier alpha value is -1.61. The molecule has 22 heavy (non-hydrogen) atoms. The Morgan fingerprint density at radius 3 is 2.55 bits per heavy atom. The van der Waals surface area contributed by atoms with E-state index in [4.69, 9.17) is 14.7 Å². The number of nitrogens with zero attached hydrogens (tertiary/aromatic N) is 2. The predicted octanol–water partition coefficient (Wildman–Crippen LogP) is 1.60. The van der Waals surface area contributed by atoms with Gasteiger partial charge in [0.25, 0.3) is 0 Å². The topological polar surface area (TPSA) is 65.7 Å². The monoisotopic (exact) mass is 304 g/mol. The van der Waals surface area contributed by atoms with Crippen LogP contribution in [0.3, 0.4) is 0 Å². The van der Waals surface area contributed by atoms with E-state index in [1.54, 1.807) is 0 Å². The molecule has 0 spiro atoms. The van der Waals surface area contributed by atoms with Gasteiger partial charge < -0.3 is 14.6 Å². The van der Waals surface area contributed by atoms with Gasteiger partial charge in [-0.2, -0.15) is 5.26 Å². The molecule has 120 valence electrons. The summed E-state index contributed by atoms with van der Waals surface area (Å²) in [4.78, 5) is 2.21. The molecule has 2 rings (SSSR count). The van der Waals surface area contributed by atoms with Gasteiger partial charge in [0, 0.05) is 19.6 Å². The van der Waals surface area contributed by atoms with E-state index in [1.165, 1.54) is 0 Å². The highest BCUT2D eigenvalue weighted by atomic mass is 16.5. The summed E-state index contributed by atoms with van der Waals surface area (Å²) in [5.74, 6) is 0.712. The maximum atomic E-state index is 10.1. The third-order valence-corrected chi connectivity index (χ3v) is 3.61. The van der Waals surface area contributed by atoms with Crippen molar-refractivity contribution in [2.75, 3.05) is 26.2 Å². The number of morpholine rings is 1. The molecule has 1 aromatic carbocycles. The van der Waals surface area contributed by atoms with Gasteiger partial charge in [0.15, 0.2) is 0 Å². The lowest BCUT2D eigenvalue weighted by Crippen LogP contribution is -2.48. The number of ether oxygens (including phenoxy) is 2. The van der Waals surface area contributed by atoms with E-state index in [0.717, 1.165) is 18.7 Å². The summed E-state index contributed by atoms with van der Waals surface area (Å²) < 4.78 is 11.3. The molecular formula is C17H24N2O3. The highest BCUT2D eigenvalue weighted by Gasteiger charge is 2.23. The Labute approximate surface area is 132 Å². The van der Waals surface area contributed by atoms with E-state index in [9.17, 15) is 5.11 Å². The Morgan fingerprint density at radius 1 is 1.32 bits per heavy atom. The predicted molar refractivity (Wildman–Crippen MR) is 83.7 cm³/mol. The zero-order valence-electron chi connectivity index (χ0n) is 13.2. The number of nitriles is 1. The standard InChI is InChI=1S/C17H24N2O3/c1-13-9-19(10-14(2)22-13)11-16(20)12-21-17-5-3-15(4-6-17)7-8-18/h3-6,13-14,16,20H,7,9-12H2,1-2H3. The van der Waals surface area contributed by atoms with Crippen molar-refractivity contribution in [3.05, 3.63) is 29.8 Å². The molecule has 1 aliphatic rings. The Bertz CT molecular complexity index is 488. The number of aliphatic hydroxyl groups excluding tert-OH is 1. The lowest BCUT2D eigenvalue weighted by atomic mass is 10.2. The summed E-state index contributed by atoms with van der Waals surface area (Å²) in [6.45, 7) is 6.62. The molecule has 0 radical (unpaired) electrons. The van der Waals surface area contributed by atoms with E-state index < -0.39 is 6.10 Å². The third kappa shape index (κ3) is 5.30. The normalized spacial score (nSPS) is 23.7. The van der Waals surface area contributed by atoms with Gasteiger partial charge in [-0.1, -0.05) is 12.1 Å². The van der Waals surface area contributed by atoms with Gasteiger partial charge in [-0.3, -0.25) is 4.90 Å². The van der Waals surface area contributed by atoms with Gasteiger partial charge in [-0.15, -0.1) is 0 Å². The van der Waals surface area contributed by atoms with E-state index in [-0.39, 0.29) is 18.8 Å². The molecular weight excluding hydrogens is 280 g/mol. The smallest absolute Gasteiger partial charge is 0.119 e. The van der Waals surface area contributed by atoms with Gasteiger partial charge in [-0.05, 0) is 31.5 Å². The minimum Gasteiger partial charge on any atom is -0.491 e. The molecule has 5 nitrogen and oxygen atoms in total. The molecule has 1 fully saturated rings. The number of β-amino-alcohol motifs (C(OH)–C–C–N with tert-alkyl or cyclic N) is 1. The fourth-order valence-electron chi connectivity index (χ4n) is 2.77. The quantitative estimate of drug-likeness (QED) is 0.865. The molecule has 1 saturated heterocycles. The van der Waals surface area contributed by atoms with Crippen molar-refractivity contribution in [3.63, 3.8) is 0 Å². The molecule has 1 aliphatic heterocycles. The first-order valence-electron chi connectivity index (χ1n) is 7.71. The summed E-state index contributed by atoms with van der Waals surface area (Å²) in [5, 5.41) is 18.8. The van der Waals surface area contributed by atoms with Crippen molar-refractivity contribution in [2.45, 2.75) is 38.6 Å². The molecule has 0 amide bonds. The summed E-state index contributed by atoms with van der Waals surface area (Å²) in [5.41, 5.74) is 0.965. The van der Waals surface area contributed by atoms with Crippen LogP contribution < -0.4 is 4.74 Å². The SMILES string of the molecule is CC1CN(CC(O)COc2ccc(CC#N)cc2)CC(C)O1. The average molecular weight is 304 g/mol. The molecule has 0 saturated carbocycles. The molecule has 0 aliphatic carbocycles. The summed E-state index contributed by atoms with van der Waals surface area (Å²) in [7, 11) is 0. The van der Waals surface area contributed by atoms with Crippen LogP contribution >= 0.6 is 0 Å². The second kappa shape index (κ2) is 8.14. The molecule has 1 aromatic rings. The Kier molecular flexibility index (Phi) is 6.20. The molecule has 3 unspecified atom stereocenters. The second-order valence-corrected chi connectivity index (χ2v) is 5.92. The van der Waals surface area contributed by atoms with Crippen molar-refractivity contribution < 1.29 is 14.6 Å². The zero-order chi connectivity index (χ0) is 15.9. The summed E-state index contributed by atoms with van der Waals surface area (Å²) >= 11 is 0. The maximum absolute atomic E-state index is 10.1.